The van der Waals surface area contributed by atoms with Gasteiger partial charge in [-0.15, -0.1) is 0 Å². The van der Waals surface area contributed by atoms with Gasteiger partial charge in [0.05, 0.1) is 11.4 Å². The van der Waals surface area contributed by atoms with Crippen molar-refractivity contribution in [2.24, 2.45) is 0 Å². The summed E-state index contributed by atoms with van der Waals surface area (Å²) < 4.78 is 3.16. The summed E-state index contributed by atoms with van der Waals surface area (Å²) in [5.41, 5.74) is 5.54. The van der Waals surface area contributed by atoms with Crippen LogP contribution in [-0.4, -0.2) is 88.9 Å². The van der Waals surface area contributed by atoms with E-state index >= 15 is 0 Å². The van der Waals surface area contributed by atoms with Crippen molar-refractivity contribution in [3.63, 3.8) is 0 Å². The van der Waals surface area contributed by atoms with Gasteiger partial charge in [0, 0.05) is 22.1 Å². The zero-order chi connectivity index (χ0) is 41.3. The third-order valence-corrected chi connectivity index (χ3v) is 9.20. The summed E-state index contributed by atoms with van der Waals surface area (Å²) in [5.74, 6) is 0.820. The Hall–Kier alpha value is -7.12. The normalized spacial score (nSPS) is 11.2. The van der Waals surface area contributed by atoms with Gasteiger partial charge >= 0.3 is 0 Å². The Morgan fingerprint density at radius 1 is 0.350 bits per heavy atom. The van der Waals surface area contributed by atoms with Crippen molar-refractivity contribution in [2.75, 3.05) is 0 Å². The van der Waals surface area contributed by atoms with Crippen LogP contribution in [0.5, 0.6) is 0 Å². The van der Waals surface area contributed by atoms with Crippen LogP contribution in [0.25, 0.3) is 79.7 Å². The maximum atomic E-state index is 6.55. The summed E-state index contributed by atoms with van der Waals surface area (Å²) in [6.45, 7) is 3.94. The van der Waals surface area contributed by atoms with E-state index in [-0.39, 0.29) is 67.4 Å². The summed E-state index contributed by atoms with van der Waals surface area (Å²) in [4.78, 5) is 67.0. The van der Waals surface area contributed by atoms with Crippen LogP contribution in [0.3, 0.4) is 0 Å². The molecule has 9 aromatic rings. The molecule has 9 rings (SSSR count). The molecule has 4 N–H and O–H groups in total. The molecule has 12 bridgehead atoms. The summed E-state index contributed by atoms with van der Waals surface area (Å²) in [6.07, 6.45) is 0. The van der Waals surface area contributed by atoms with E-state index in [1.165, 1.54) is 0 Å². The van der Waals surface area contributed by atoms with E-state index in [9.17, 15) is 0 Å². The first-order valence-electron chi connectivity index (χ1n) is 17.7. The molecule has 5 aromatic heterocycles. The average molecular weight is 877 g/mol. The lowest BCUT2D eigenvalue weighted by molar-refractivity contribution is 0.967. The van der Waals surface area contributed by atoms with E-state index in [0.29, 0.717) is 33.4 Å². The Balaban J connectivity index is 1.44. The number of aryl methyl sites for hydroxylation is 2. The predicted molar refractivity (Wildman–Crippen MR) is 230 cm³/mol. The molecule has 296 valence electrons. The zero-order valence-electron chi connectivity index (χ0n) is 31.0. The molecule has 0 aliphatic carbocycles. The van der Waals surface area contributed by atoms with Gasteiger partial charge in [0.2, 0.25) is 67.4 Å². The van der Waals surface area contributed by atoms with Crippen molar-refractivity contribution in [2.45, 2.75) is 13.8 Å². The molecule has 0 unspecified atom stereocenters. The van der Waals surface area contributed by atoms with Crippen molar-refractivity contribution in [1.82, 2.24) is 88.9 Å². The lowest BCUT2D eigenvalue weighted by Crippen LogP contribution is -2.06. The fourth-order valence-electron chi connectivity index (χ4n) is 5.88. The maximum Gasteiger partial charge on any atom is 0.243 e. The molecule has 18 nitrogen and oxygen atoms in total. The quantitative estimate of drug-likeness (QED) is 0.128. The minimum Gasteiger partial charge on any atom is -0.324 e. The van der Waals surface area contributed by atoms with E-state index in [4.69, 9.17) is 66.3 Å². The van der Waals surface area contributed by atoms with Gasteiger partial charge in [-0.05, 0) is 121 Å². The van der Waals surface area contributed by atoms with Gasteiger partial charge in [-0.1, -0.05) is 47.5 Å². The molecule has 4 aromatic carbocycles. The second-order valence-electron chi connectivity index (χ2n) is 12.9. The highest BCUT2D eigenvalue weighted by Gasteiger charge is 2.12. The molecular weight excluding hydrogens is 850 g/mol. The van der Waals surface area contributed by atoms with Crippen molar-refractivity contribution >= 4 is 115 Å². The van der Waals surface area contributed by atoms with Gasteiger partial charge in [-0.2, -0.15) is 59.8 Å². The first-order chi connectivity index (χ1) is 29.1. The SMILES string of the molecule is Cc1ccc(-n2c3nc(Cl)nc(n3)[nH]c3cccc(c3)[nH]c3nc(Cl)nc(n3)n(-c3ccc(C)cc3)c3nc(Cl)nc(n3)[nH]c3cccc(c3)[nH]c3nc(Cl)nc2n3)cc1. The molecule has 0 amide bonds. The molecule has 0 spiro atoms. The molecular formula is C38H26Cl4N18. The van der Waals surface area contributed by atoms with Crippen LogP contribution in [0.15, 0.2) is 97.1 Å². The second kappa shape index (κ2) is 16.3. The van der Waals surface area contributed by atoms with E-state index in [0.717, 1.165) is 11.1 Å². The Morgan fingerprint density at radius 2 is 0.617 bits per heavy atom. The van der Waals surface area contributed by atoms with Crippen LogP contribution < -0.4 is 0 Å². The standard InChI is InChI=1S/C38H26Cl4N18/c1-19-9-13-25(14-10-19)59-35-51-27(39)47-31(55-35)43-21-5-3-7-23(17-21)45-33-49-29(41)53-37(57-33)60(26-15-11-20(2)12-16-26)38-54-30(42)50-34(58-38)46-24-8-4-6-22(18-24)44-32-48-28(40)52-36(59)56-32/h3-18H,1-2H3,(H,43,47,51,55)(H,44,48,52,56)(H,45,49,53,57)(H,46,50,54,58). The summed E-state index contributed by atoms with van der Waals surface area (Å²) in [5, 5.41) is -0.414. The van der Waals surface area contributed by atoms with Gasteiger partial charge < -0.3 is 19.9 Å². The zero-order valence-corrected chi connectivity index (χ0v) is 34.0. The average Bonchev–Trinajstić information content (AvgIpc) is 3.19. The Kier molecular flexibility index (Phi) is 10.4. The number of H-pyrrole nitrogens is 4. The minimum absolute atomic E-state index is 0.0883. The maximum absolute atomic E-state index is 6.55. The highest BCUT2D eigenvalue weighted by Crippen LogP contribution is 2.18. The monoisotopic (exact) mass is 874 g/mol. The van der Waals surface area contributed by atoms with E-state index < -0.39 is 0 Å². The molecule has 0 radical (unpaired) electrons. The number of rotatable bonds is 2. The number of aromatic amines is 4. The largest absolute Gasteiger partial charge is 0.324 e. The van der Waals surface area contributed by atoms with Crippen LogP contribution in [0.4, 0.5) is 0 Å². The Bertz CT molecular complexity index is 3020. The van der Waals surface area contributed by atoms with Crippen LogP contribution in [0.1, 0.15) is 11.1 Å². The second-order valence-corrected chi connectivity index (χ2v) is 14.3. The number of nitrogens with zero attached hydrogens (tertiary/aromatic N) is 14. The highest BCUT2D eigenvalue weighted by atomic mass is 35.5. The summed E-state index contributed by atoms with van der Waals surface area (Å²) >= 11 is 26.2. The van der Waals surface area contributed by atoms with Crippen LogP contribution in [0.2, 0.25) is 21.1 Å². The molecule has 0 aliphatic rings. The Morgan fingerprint density at radius 3 is 0.883 bits per heavy atom. The number of hydrogen-bond donors (Lipinski definition) is 4. The smallest absolute Gasteiger partial charge is 0.243 e. The fraction of sp³-hybridized carbons (Fsp3) is 0.0526. The highest BCUT2D eigenvalue weighted by molar-refractivity contribution is 6.29. The summed E-state index contributed by atoms with van der Waals surface area (Å²) in [6, 6.07) is 29.6. The van der Waals surface area contributed by atoms with E-state index in [1.54, 1.807) is 33.4 Å². The third kappa shape index (κ3) is 8.66. The molecule has 0 saturated heterocycles. The van der Waals surface area contributed by atoms with Crippen LogP contribution in [0, 0.1) is 13.8 Å². The number of benzene rings is 4. The van der Waals surface area contributed by atoms with Crippen molar-refractivity contribution in [1.29, 1.82) is 0 Å². The summed E-state index contributed by atoms with van der Waals surface area (Å²) in [7, 11) is 0. The van der Waals surface area contributed by atoms with Crippen LogP contribution in [-0.2, 0) is 0 Å². The topological polar surface area (TPSA) is 228 Å². The van der Waals surface area contributed by atoms with Crippen LogP contribution >= 0.6 is 46.4 Å². The van der Waals surface area contributed by atoms with Crippen molar-refractivity contribution in [3.05, 3.63) is 129 Å². The molecule has 22 heteroatoms. The number of halogens is 4. The van der Waals surface area contributed by atoms with Gasteiger partial charge in [0.25, 0.3) is 0 Å². The number of nitrogens with one attached hydrogen (secondary N) is 4. The molecule has 0 aliphatic heterocycles. The lowest BCUT2D eigenvalue weighted by Gasteiger charge is -2.09. The van der Waals surface area contributed by atoms with Gasteiger partial charge in [0.1, 0.15) is 0 Å². The Labute approximate surface area is 356 Å². The fourth-order valence-corrected chi connectivity index (χ4v) is 6.50. The molecule has 60 heavy (non-hydrogen) atoms. The third-order valence-electron chi connectivity index (χ3n) is 8.52. The molecule has 0 saturated carbocycles. The lowest BCUT2D eigenvalue weighted by atomic mass is 10.2. The van der Waals surface area contributed by atoms with Gasteiger partial charge in [-0.25, -0.2) is 9.13 Å². The minimum atomic E-state index is -0.103. The predicted octanol–water partition coefficient (Wildman–Crippen LogP) is 8.53. The first kappa shape index (κ1) is 38.4. The molecule has 0 atom stereocenters. The number of fused-ring (bicyclic) bond motifs is 12. The van der Waals surface area contributed by atoms with Crippen molar-refractivity contribution in [3.8, 4) is 11.4 Å². The van der Waals surface area contributed by atoms with E-state index in [1.807, 2.05) is 86.6 Å². The van der Waals surface area contributed by atoms with Gasteiger partial charge in [-0.3, -0.25) is 0 Å². The molecule has 0 fully saturated rings. The van der Waals surface area contributed by atoms with E-state index in [2.05, 4.69) is 59.8 Å². The number of hydrogen-bond acceptors (Lipinski definition) is 12. The molecule has 5 heterocycles. The number of aromatic nitrogens is 18. The van der Waals surface area contributed by atoms with Gasteiger partial charge in [0.15, 0.2) is 0 Å². The van der Waals surface area contributed by atoms with Crippen molar-refractivity contribution < 1.29 is 0 Å². The first-order valence-corrected chi connectivity index (χ1v) is 19.3.